The van der Waals surface area contributed by atoms with Crippen molar-refractivity contribution in [2.45, 2.75) is 25.3 Å². The van der Waals surface area contributed by atoms with Crippen LogP contribution >= 0.6 is 12.6 Å². The van der Waals surface area contributed by atoms with E-state index in [9.17, 15) is 9.59 Å². The maximum atomic E-state index is 11.1. The SMILES string of the molecule is CN[C@@H](C)C(=O)NC(S)C(C)=O. The molecule has 0 heterocycles. The lowest BCUT2D eigenvalue weighted by molar-refractivity contribution is -0.126. The highest BCUT2D eigenvalue weighted by atomic mass is 32.1. The van der Waals surface area contributed by atoms with Crippen molar-refractivity contribution in [1.29, 1.82) is 0 Å². The Kier molecular flexibility index (Phi) is 4.92. The lowest BCUT2D eigenvalue weighted by Gasteiger charge is -2.13. The van der Waals surface area contributed by atoms with Gasteiger partial charge in [0.1, 0.15) is 5.37 Å². The van der Waals surface area contributed by atoms with Gasteiger partial charge in [-0.2, -0.15) is 0 Å². The van der Waals surface area contributed by atoms with E-state index in [1.165, 1.54) is 6.92 Å². The van der Waals surface area contributed by atoms with Gasteiger partial charge in [-0.1, -0.05) is 0 Å². The van der Waals surface area contributed by atoms with Crippen molar-refractivity contribution in [1.82, 2.24) is 10.6 Å². The Labute approximate surface area is 77.5 Å². The monoisotopic (exact) mass is 190 g/mol. The molecule has 0 bridgehead atoms. The molecule has 2 atom stereocenters. The van der Waals surface area contributed by atoms with Crippen LogP contribution < -0.4 is 10.6 Å². The highest BCUT2D eigenvalue weighted by Gasteiger charge is 2.15. The Morgan fingerprint density at radius 1 is 1.42 bits per heavy atom. The molecule has 1 unspecified atom stereocenters. The zero-order chi connectivity index (χ0) is 9.72. The topological polar surface area (TPSA) is 58.2 Å². The van der Waals surface area contributed by atoms with Crippen molar-refractivity contribution in [2.24, 2.45) is 0 Å². The number of thiol groups is 1. The molecular weight excluding hydrogens is 176 g/mol. The first-order valence-electron chi connectivity index (χ1n) is 3.65. The molecule has 0 rings (SSSR count). The summed E-state index contributed by atoms with van der Waals surface area (Å²) in [5.74, 6) is -0.400. The van der Waals surface area contributed by atoms with Crippen molar-refractivity contribution >= 4 is 24.3 Å². The second-order valence-electron chi connectivity index (χ2n) is 2.53. The number of hydrogen-bond donors (Lipinski definition) is 3. The Hall–Kier alpha value is -0.550. The summed E-state index contributed by atoms with van der Waals surface area (Å²) in [5.41, 5.74) is 0. The van der Waals surface area contributed by atoms with Crippen LogP contribution in [0.4, 0.5) is 0 Å². The third-order valence-electron chi connectivity index (χ3n) is 1.49. The standard InChI is InChI=1S/C7H14N2O2S/c1-4(8-3)6(11)9-7(12)5(2)10/h4,7-8,12H,1-3H3,(H,9,11)/t4-,7?/m0/s1. The minimum atomic E-state index is -0.701. The van der Waals surface area contributed by atoms with Gasteiger partial charge < -0.3 is 10.6 Å². The molecule has 0 radical (unpaired) electrons. The van der Waals surface area contributed by atoms with Gasteiger partial charge in [-0.15, -0.1) is 12.6 Å². The number of carbonyl (C=O) groups is 2. The molecule has 12 heavy (non-hydrogen) atoms. The van der Waals surface area contributed by atoms with Gasteiger partial charge in [0, 0.05) is 0 Å². The zero-order valence-corrected chi connectivity index (χ0v) is 8.31. The summed E-state index contributed by atoms with van der Waals surface area (Å²) in [4.78, 5) is 21.8. The molecule has 0 saturated heterocycles. The molecule has 0 spiro atoms. The van der Waals surface area contributed by atoms with Gasteiger partial charge in [0.15, 0.2) is 5.78 Å². The quantitative estimate of drug-likeness (QED) is 0.416. The number of carbonyl (C=O) groups excluding carboxylic acids is 2. The van der Waals surface area contributed by atoms with E-state index < -0.39 is 5.37 Å². The van der Waals surface area contributed by atoms with Crippen LogP contribution in [-0.4, -0.2) is 30.2 Å². The molecule has 4 nitrogen and oxygen atoms in total. The van der Waals surface area contributed by atoms with Crippen LogP contribution in [0.5, 0.6) is 0 Å². The lowest BCUT2D eigenvalue weighted by Crippen LogP contribution is -2.45. The number of rotatable bonds is 4. The van der Waals surface area contributed by atoms with Crippen molar-refractivity contribution in [3.05, 3.63) is 0 Å². The smallest absolute Gasteiger partial charge is 0.238 e. The van der Waals surface area contributed by atoms with E-state index in [4.69, 9.17) is 0 Å². The van der Waals surface area contributed by atoms with Gasteiger partial charge in [-0.05, 0) is 20.9 Å². The summed E-state index contributed by atoms with van der Waals surface area (Å²) in [7, 11) is 1.67. The number of Topliss-reactive ketones (excluding diaryl/α,β-unsaturated/α-hetero) is 1. The molecule has 0 fully saturated rings. The van der Waals surface area contributed by atoms with Crippen LogP contribution in [0.1, 0.15) is 13.8 Å². The predicted molar refractivity (Wildman–Crippen MR) is 50.1 cm³/mol. The van der Waals surface area contributed by atoms with Gasteiger partial charge in [-0.3, -0.25) is 9.59 Å². The minimum absolute atomic E-state index is 0.171. The average Bonchev–Trinajstić information content (AvgIpc) is 2.02. The van der Waals surface area contributed by atoms with Crippen molar-refractivity contribution in [3.8, 4) is 0 Å². The zero-order valence-electron chi connectivity index (χ0n) is 7.42. The highest BCUT2D eigenvalue weighted by molar-refractivity contribution is 7.81. The first-order valence-corrected chi connectivity index (χ1v) is 4.16. The molecule has 70 valence electrons. The van der Waals surface area contributed by atoms with E-state index in [1.54, 1.807) is 14.0 Å². The Morgan fingerprint density at radius 2 is 1.92 bits per heavy atom. The summed E-state index contributed by atoms with van der Waals surface area (Å²) in [6.45, 7) is 3.08. The van der Waals surface area contributed by atoms with Crippen LogP contribution in [0.3, 0.4) is 0 Å². The average molecular weight is 190 g/mol. The van der Waals surface area contributed by atoms with Gasteiger partial charge >= 0.3 is 0 Å². The molecule has 1 amide bonds. The fourth-order valence-electron chi connectivity index (χ4n) is 0.492. The Morgan fingerprint density at radius 3 is 2.25 bits per heavy atom. The molecular formula is C7H14N2O2S. The fraction of sp³-hybridized carbons (Fsp3) is 0.714. The minimum Gasteiger partial charge on any atom is -0.336 e. The van der Waals surface area contributed by atoms with Crippen LogP contribution in [-0.2, 0) is 9.59 Å². The number of hydrogen-bond acceptors (Lipinski definition) is 4. The molecule has 0 aliphatic heterocycles. The number of ketones is 1. The predicted octanol–water partition coefficient (Wildman–Crippen LogP) is -0.445. The fourth-order valence-corrected chi connectivity index (χ4v) is 0.620. The number of nitrogens with one attached hydrogen (secondary N) is 2. The molecule has 5 heteroatoms. The second kappa shape index (κ2) is 5.16. The van der Waals surface area contributed by atoms with E-state index in [1.807, 2.05) is 0 Å². The molecule has 2 N–H and O–H groups in total. The molecule has 0 aromatic rings. The van der Waals surface area contributed by atoms with E-state index in [0.717, 1.165) is 0 Å². The summed E-state index contributed by atoms with van der Waals surface area (Å²) < 4.78 is 0. The van der Waals surface area contributed by atoms with Gasteiger partial charge in [0.05, 0.1) is 6.04 Å². The second-order valence-corrected chi connectivity index (χ2v) is 3.05. The van der Waals surface area contributed by atoms with Gasteiger partial charge in [0.25, 0.3) is 0 Å². The van der Waals surface area contributed by atoms with Crippen LogP contribution in [0.2, 0.25) is 0 Å². The molecule has 0 aromatic carbocycles. The maximum Gasteiger partial charge on any atom is 0.238 e. The van der Waals surface area contributed by atoms with Gasteiger partial charge in [0.2, 0.25) is 5.91 Å². The lowest BCUT2D eigenvalue weighted by atomic mass is 10.3. The van der Waals surface area contributed by atoms with Crippen molar-refractivity contribution < 1.29 is 9.59 Å². The van der Waals surface area contributed by atoms with Gasteiger partial charge in [-0.25, -0.2) is 0 Å². The highest BCUT2D eigenvalue weighted by Crippen LogP contribution is 1.92. The first-order chi connectivity index (χ1) is 5.49. The van der Waals surface area contributed by atoms with E-state index >= 15 is 0 Å². The maximum absolute atomic E-state index is 11.1. The van der Waals surface area contributed by atoms with E-state index in [0.29, 0.717) is 0 Å². The third-order valence-corrected chi connectivity index (χ3v) is 1.98. The van der Waals surface area contributed by atoms with E-state index in [-0.39, 0.29) is 17.7 Å². The van der Waals surface area contributed by atoms with Crippen LogP contribution in [0.25, 0.3) is 0 Å². The number of amides is 1. The Balaban J connectivity index is 3.92. The van der Waals surface area contributed by atoms with Crippen LogP contribution in [0, 0.1) is 0 Å². The summed E-state index contributed by atoms with van der Waals surface area (Å²) >= 11 is 3.89. The molecule has 0 aromatic heterocycles. The summed E-state index contributed by atoms with van der Waals surface area (Å²) in [6.07, 6.45) is 0. The normalized spacial score (nSPS) is 15.0. The summed E-state index contributed by atoms with van der Waals surface area (Å²) in [6, 6.07) is -0.306. The summed E-state index contributed by atoms with van der Waals surface area (Å²) in [5, 5.41) is 4.49. The van der Waals surface area contributed by atoms with Crippen molar-refractivity contribution in [2.75, 3.05) is 7.05 Å². The first kappa shape index (κ1) is 11.4. The Bertz CT molecular complexity index is 184. The molecule has 0 saturated carbocycles. The molecule has 0 aliphatic carbocycles. The number of likely N-dealkylation sites (N-methyl/N-ethyl adjacent to an activating group) is 1. The largest absolute Gasteiger partial charge is 0.336 e. The molecule has 0 aliphatic rings. The van der Waals surface area contributed by atoms with E-state index in [2.05, 4.69) is 23.3 Å². The van der Waals surface area contributed by atoms with Crippen molar-refractivity contribution in [3.63, 3.8) is 0 Å². The van der Waals surface area contributed by atoms with Crippen LogP contribution in [0.15, 0.2) is 0 Å². The third kappa shape index (κ3) is 3.73.